The van der Waals surface area contributed by atoms with Crippen LogP contribution in [0.1, 0.15) is 43.4 Å². The van der Waals surface area contributed by atoms with Gasteiger partial charge in [0.15, 0.2) is 5.65 Å². The summed E-state index contributed by atoms with van der Waals surface area (Å²) in [6, 6.07) is 10.4. The van der Waals surface area contributed by atoms with E-state index in [9.17, 15) is 31.5 Å². The molecule has 2 N–H and O–H groups in total. The Bertz CT molecular complexity index is 1890. The van der Waals surface area contributed by atoms with Gasteiger partial charge in [0.1, 0.15) is 18.0 Å². The maximum atomic E-state index is 14.2. The van der Waals surface area contributed by atoms with E-state index >= 15 is 0 Å². The number of pyridine rings is 1. The van der Waals surface area contributed by atoms with Crippen LogP contribution in [0, 0.1) is 11.6 Å². The number of rotatable bonds is 4. The lowest BCUT2D eigenvalue weighted by Gasteiger charge is -2.19. The van der Waals surface area contributed by atoms with E-state index < -0.39 is 46.8 Å². The van der Waals surface area contributed by atoms with Gasteiger partial charge in [0.25, 0.3) is 11.8 Å². The first-order chi connectivity index (χ1) is 19.5. The van der Waals surface area contributed by atoms with Crippen LogP contribution < -0.4 is 10.6 Å². The summed E-state index contributed by atoms with van der Waals surface area (Å²) in [6.45, 7) is 0. The summed E-state index contributed by atoms with van der Waals surface area (Å²) in [5, 5.41) is 9.46. The highest BCUT2D eigenvalue weighted by Crippen LogP contribution is 2.42. The number of carbonyl (C=O) groups is 2. The van der Waals surface area contributed by atoms with Crippen LogP contribution in [0.15, 0.2) is 73.2 Å². The fraction of sp³-hybridized carbons (Fsp3) is 0.0714. The van der Waals surface area contributed by atoms with Gasteiger partial charge in [-0.15, -0.1) is 0 Å². The Morgan fingerprint density at radius 1 is 0.976 bits per heavy atom. The van der Waals surface area contributed by atoms with E-state index in [0.717, 1.165) is 12.1 Å². The van der Waals surface area contributed by atoms with Gasteiger partial charge in [-0.2, -0.15) is 18.3 Å². The lowest BCUT2D eigenvalue weighted by molar-refractivity contribution is -0.137. The van der Waals surface area contributed by atoms with Crippen LogP contribution in [-0.4, -0.2) is 26.4 Å². The van der Waals surface area contributed by atoms with Crippen molar-refractivity contribution in [2.45, 2.75) is 12.2 Å². The summed E-state index contributed by atoms with van der Waals surface area (Å²) in [5.74, 6) is -3.51. The number of anilines is 1. The zero-order valence-electron chi connectivity index (χ0n) is 20.4. The lowest BCUT2D eigenvalue weighted by Crippen LogP contribution is -2.21. The summed E-state index contributed by atoms with van der Waals surface area (Å²) in [7, 11) is 0. The minimum Gasteiger partial charge on any atom is -0.341 e. The zero-order valence-corrected chi connectivity index (χ0v) is 21.2. The molecule has 5 aromatic rings. The minimum absolute atomic E-state index is 0.0164. The van der Waals surface area contributed by atoms with Crippen molar-refractivity contribution in [3.8, 4) is 11.1 Å². The number of nitrogens with one attached hydrogen (secondary N) is 2. The molecule has 0 radical (unpaired) electrons. The first kappa shape index (κ1) is 26.4. The van der Waals surface area contributed by atoms with Gasteiger partial charge in [-0.3, -0.25) is 9.59 Å². The van der Waals surface area contributed by atoms with Gasteiger partial charge in [-0.05, 0) is 66.2 Å². The Labute approximate surface area is 232 Å². The SMILES string of the molecule is O=C(Nc1cc(-c2ccc3ncnn3c2)cc2c1C(c1cc(F)ccc1Cl)NC2=O)c1cc(F)cc(C(F)(F)F)c1. The summed E-state index contributed by atoms with van der Waals surface area (Å²) in [5.41, 5.74) is 0.125. The molecule has 1 aliphatic rings. The molecule has 1 unspecified atom stereocenters. The zero-order chi connectivity index (χ0) is 29.1. The number of amides is 2. The molecule has 13 heteroatoms. The molecule has 0 bridgehead atoms. The van der Waals surface area contributed by atoms with Crippen LogP contribution in [0.5, 0.6) is 0 Å². The van der Waals surface area contributed by atoms with Crippen molar-refractivity contribution in [2.24, 2.45) is 0 Å². The molecule has 0 saturated heterocycles. The fourth-order valence-electron chi connectivity index (χ4n) is 4.74. The highest BCUT2D eigenvalue weighted by atomic mass is 35.5. The average Bonchev–Trinajstić information content (AvgIpc) is 3.53. The van der Waals surface area contributed by atoms with Crippen molar-refractivity contribution >= 4 is 34.7 Å². The topological polar surface area (TPSA) is 88.4 Å². The van der Waals surface area contributed by atoms with Crippen LogP contribution in [0.4, 0.5) is 27.6 Å². The van der Waals surface area contributed by atoms with Crippen molar-refractivity contribution in [3.63, 3.8) is 0 Å². The Hall–Kier alpha value is -4.84. The number of aromatic nitrogens is 3. The van der Waals surface area contributed by atoms with E-state index in [1.807, 2.05) is 0 Å². The second kappa shape index (κ2) is 9.66. The molecule has 2 aromatic heterocycles. The molecule has 3 heterocycles. The van der Waals surface area contributed by atoms with Crippen LogP contribution in [0.3, 0.4) is 0 Å². The first-order valence-corrected chi connectivity index (χ1v) is 12.3. The van der Waals surface area contributed by atoms with Gasteiger partial charge >= 0.3 is 6.18 Å². The second-order valence-electron chi connectivity index (χ2n) is 9.22. The largest absolute Gasteiger partial charge is 0.416 e. The number of benzene rings is 3. The highest BCUT2D eigenvalue weighted by molar-refractivity contribution is 6.31. The van der Waals surface area contributed by atoms with Gasteiger partial charge < -0.3 is 10.6 Å². The average molecular weight is 584 g/mol. The van der Waals surface area contributed by atoms with E-state index in [4.69, 9.17) is 11.6 Å². The van der Waals surface area contributed by atoms with Gasteiger partial charge in [0.2, 0.25) is 0 Å². The number of hydrogen-bond donors (Lipinski definition) is 2. The summed E-state index contributed by atoms with van der Waals surface area (Å²) in [6.07, 6.45) is -1.91. The summed E-state index contributed by atoms with van der Waals surface area (Å²) >= 11 is 6.32. The third kappa shape index (κ3) is 4.86. The molecular weight excluding hydrogens is 569 g/mol. The van der Waals surface area contributed by atoms with E-state index in [2.05, 4.69) is 20.7 Å². The van der Waals surface area contributed by atoms with E-state index in [1.54, 1.807) is 24.4 Å². The number of halogens is 6. The van der Waals surface area contributed by atoms with E-state index in [0.29, 0.717) is 28.9 Å². The monoisotopic (exact) mass is 583 g/mol. The van der Waals surface area contributed by atoms with Gasteiger partial charge in [0, 0.05) is 44.7 Å². The normalized spacial score (nSPS) is 14.7. The maximum absolute atomic E-state index is 14.2. The van der Waals surface area contributed by atoms with Crippen molar-refractivity contribution < 1.29 is 31.5 Å². The molecule has 3 aromatic carbocycles. The quantitative estimate of drug-likeness (QED) is 0.239. The van der Waals surface area contributed by atoms with Crippen LogP contribution in [0.25, 0.3) is 16.8 Å². The molecule has 6 rings (SSSR count). The standard InChI is InChI=1S/C28H15ClF5N5O2/c29-21-3-2-17(30)10-19(21)25-24-20(27(41)38-25)7-14(13-1-4-23-35-12-36-39(23)11-13)8-22(24)37-26(40)15-5-16(28(32,33)34)9-18(31)6-15/h1-12,25H,(H,37,40)(H,38,41). The molecule has 0 saturated carbocycles. The first-order valence-electron chi connectivity index (χ1n) is 11.9. The van der Waals surface area contributed by atoms with Crippen LogP contribution >= 0.6 is 11.6 Å². The van der Waals surface area contributed by atoms with Crippen molar-refractivity contribution in [3.05, 3.63) is 118 Å². The fourth-order valence-corrected chi connectivity index (χ4v) is 4.97. The number of hydrogen-bond acceptors (Lipinski definition) is 4. The van der Waals surface area contributed by atoms with Gasteiger partial charge in [-0.25, -0.2) is 18.3 Å². The molecule has 206 valence electrons. The predicted octanol–water partition coefficient (Wildman–Crippen LogP) is 6.43. The molecule has 2 amide bonds. The number of carbonyl (C=O) groups excluding carboxylic acids is 2. The lowest BCUT2D eigenvalue weighted by atomic mass is 9.93. The highest BCUT2D eigenvalue weighted by Gasteiger charge is 2.36. The van der Waals surface area contributed by atoms with E-state index in [1.165, 1.54) is 23.0 Å². The van der Waals surface area contributed by atoms with Crippen molar-refractivity contribution in [2.75, 3.05) is 5.32 Å². The van der Waals surface area contributed by atoms with Gasteiger partial charge in [-0.1, -0.05) is 11.6 Å². The van der Waals surface area contributed by atoms with E-state index in [-0.39, 0.29) is 33.5 Å². The predicted molar refractivity (Wildman–Crippen MR) is 138 cm³/mol. The number of alkyl halides is 3. The molecule has 41 heavy (non-hydrogen) atoms. The van der Waals surface area contributed by atoms with Crippen LogP contribution in [0.2, 0.25) is 5.02 Å². The Kier molecular flexibility index (Phi) is 6.22. The summed E-state index contributed by atoms with van der Waals surface area (Å²) < 4.78 is 69.7. The number of fused-ring (bicyclic) bond motifs is 2. The second-order valence-corrected chi connectivity index (χ2v) is 9.63. The molecule has 7 nitrogen and oxygen atoms in total. The third-order valence-corrected chi connectivity index (χ3v) is 6.94. The third-order valence-electron chi connectivity index (χ3n) is 6.60. The Morgan fingerprint density at radius 3 is 2.56 bits per heavy atom. The molecule has 1 aliphatic heterocycles. The smallest absolute Gasteiger partial charge is 0.341 e. The van der Waals surface area contributed by atoms with Gasteiger partial charge in [0.05, 0.1) is 11.6 Å². The molecule has 0 fully saturated rings. The Balaban J connectivity index is 1.51. The minimum atomic E-state index is -4.89. The van der Waals surface area contributed by atoms with Crippen LogP contribution in [-0.2, 0) is 6.18 Å². The van der Waals surface area contributed by atoms with Crippen molar-refractivity contribution in [1.29, 1.82) is 0 Å². The summed E-state index contributed by atoms with van der Waals surface area (Å²) in [4.78, 5) is 30.4. The number of nitrogens with zero attached hydrogens (tertiary/aromatic N) is 3. The molecular formula is C28H15ClF5N5O2. The molecule has 1 atom stereocenters. The Morgan fingerprint density at radius 2 is 1.78 bits per heavy atom. The molecule has 0 spiro atoms. The van der Waals surface area contributed by atoms with Crippen molar-refractivity contribution in [1.82, 2.24) is 19.9 Å². The molecule has 0 aliphatic carbocycles. The maximum Gasteiger partial charge on any atom is 0.416 e.